The van der Waals surface area contributed by atoms with Crippen LogP contribution in [-0.2, 0) is 11.3 Å². The molecular weight excluding hydrogens is 308 g/mol. The zero-order valence-corrected chi connectivity index (χ0v) is 13.6. The highest BCUT2D eigenvalue weighted by Crippen LogP contribution is 2.29. The summed E-state index contributed by atoms with van der Waals surface area (Å²) in [5.74, 6) is 5.75. The lowest BCUT2D eigenvalue weighted by Crippen LogP contribution is -2.31. The van der Waals surface area contributed by atoms with Gasteiger partial charge in [-0.05, 0) is 24.0 Å². The Balaban J connectivity index is 2.33. The van der Waals surface area contributed by atoms with Gasteiger partial charge in [-0.15, -0.1) is 11.8 Å². The predicted molar refractivity (Wildman–Crippen MR) is 86.5 cm³/mol. The molecule has 0 aliphatic carbocycles. The van der Waals surface area contributed by atoms with Crippen LogP contribution in [0.15, 0.2) is 35.4 Å². The number of hydrogen-bond acceptors (Lipinski definition) is 5. The number of benzene rings is 1. The molecule has 0 bridgehead atoms. The number of nitrogens with one attached hydrogen (secondary N) is 1. The summed E-state index contributed by atoms with van der Waals surface area (Å²) in [6.45, 7) is 1.19. The summed E-state index contributed by atoms with van der Waals surface area (Å²) < 4.78 is 6.92. The Morgan fingerprint density at radius 2 is 2.14 bits per heavy atom. The quantitative estimate of drug-likeness (QED) is 0.465. The highest BCUT2D eigenvalue weighted by Gasteiger charge is 2.21. The van der Waals surface area contributed by atoms with E-state index in [0.29, 0.717) is 18.2 Å². The first-order valence-corrected chi connectivity index (χ1v) is 8.11. The lowest BCUT2D eigenvalue weighted by Gasteiger charge is -2.19. The van der Waals surface area contributed by atoms with Gasteiger partial charge in [-0.25, -0.2) is 5.43 Å². The molecule has 0 saturated heterocycles. The van der Waals surface area contributed by atoms with Crippen LogP contribution in [0.4, 0.5) is 0 Å². The van der Waals surface area contributed by atoms with Gasteiger partial charge in [0.05, 0.1) is 36.1 Å². The molecule has 7 heteroatoms. The highest BCUT2D eigenvalue weighted by atomic mass is 35.5. The first-order valence-electron chi connectivity index (χ1n) is 6.51. The molecule has 0 spiro atoms. The Labute approximate surface area is 133 Å². The first kappa shape index (κ1) is 16.3. The molecule has 114 valence electrons. The molecule has 1 unspecified atom stereocenters. The van der Waals surface area contributed by atoms with Gasteiger partial charge in [-0.2, -0.15) is 5.10 Å². The number of nitrogens with two attached hydrogens (primary N) is 1. The molecule has 1 atom stereocenters. The van der Waals surface area contributed by atoms with Crippen molar-refractivity contribution in [3.63, 3.8) is 0 Å². The summed E-state index contributed by atoms with van der Waals surface area (Å²) in [5, 5.41) is 4.87. The summed E-state index contributed by atoms with van der Waals surface area (Å²) in [4.78, 5) is 1.20. The fourth-order valence-electron chi connectivity index (χ4n) is 2.14. The average Bonchev–Trinajstić information content (AvgIpc) is 2.88. The van der Waals surface area contributed by atoms with Crippen molar-refractivity contribution in [1.29, 1.82) is 0 Å². The maximum Gasteiger partial charge on any atom is 0.0893 e. The summed E-state index contributed by atoms with van der Waals surface area (Å²) >= 11 is 7.98. The van der Waals surface area contributed by atoms with Crippen LogP contribution in [0.1, 0.15) is 17.3 Å². The maximum absolute atomic E-state index is 6.28. The second-order valence-corrected chi connectivity index (χ2v) is 5.75. The number of hydrogen-bond donors (Lipinski definition) is 2. The fourth-order valence-corrected chi connectivity index (χ4v) is 2.80. The van der Waals surface area contributed by atoms with E-state index in [1.54, 1.807) is 25.1 Å². The number of rotatable bonds is 7. The summed E-state index contributed by atoms with van der Waals surface area (Å²) in [5.41, 5.74) is 4.70. The number of halogens is 1. The summed E-state index contributed by atoms with van der Waals surface area (Å²) in [6.07, 6.45) is 3.68. The van der Waals surface area contributed by atoms with E-state index in [4.69, 9.17) is 22.2 Å². The van der Waals surface area contributed by atoms with Crippen molar-refractivity contribution in [3.05, 3.63) is 46.7 Å². The Hall–Kier alpha value is -1.05. The molecule has 0 radical (unpaired) electrons. The van der Waals surface area contributed by atoms with E-state index in [2.05, 4.69) is 22.7 Å². The molecule has 0 amide bonds. The molecule has 1 aromatic carbocycles. The normalized spacial score (nSPS) is 12.6. The second-order valence-electron chi connectivity index (χ2n) is 4.47. The smallest absolute Gasteiger partial charge is 0.0893 e. The third-order valence-electron chi connectivity index (χ3n) is 3.23. The van der Waals surface area contributed by atoms with Crippen LogP contribution in [0.5, 0.6) is 0 Å². The van der Waals surface area contributed by atoms with Crippen LogP contribution < -0.4 is 11.3 Å². The SMILES string of the molecule is COCCn1ncc(Cl)c1C(NN)c1ccc(SC)cc1. The van der Waals surface area contributed by atoms with Gasteiger partial charge in [0.1, 0.15) is 0 Å². The first-order chi connectivity index (χ1) is 10.2. The Bertz CT molecular complexity index is 573. The molecule has 2 aromatic rings. The monoisotopic (exact) mass is 326 g/mol. The molecule has 1 aromatic heterocycles. The van der Waals surface area contributed by atoms with E-state index >= 15 is 0 Å². The third-order valence-corrected chi connectivity index (χ3v) is 4.26. The van der Waals surface area contributed by atoms with Gasteiger partial charge in [0, 0.05) is 12.0 Å². The average molecular weight is 327 g/mol. The molecule has 2 rings (SSSR count). The lowest BCUT2D eigenvalue weighted by molar-refractivity contribution is 0.182. The Kier molecular flexibility index (Phi) is 6.08. The van der Waals surface area contributed by atoms with E-state index in [0.717, 1.165) is 11.3 Å². The van der Waals surface area contributed by atoms with Crippen molar-refractivity contribution in [2.24, 2.45) is 5.84 Å². The van der Waals surface area contributed by atoms with Gasteiger partial charge >= 0.3 is 0 Å². The molecule has 0 aliphatic rings. The van der Waals surface area contributed by atoms with Gasteiger partial charge in [0.15, 0.2) is 0 Å². The summed E-state index contributed by atoms with van der Waals surface area (Å²) in [7, 11) is 1.66. The maximum atomic E-state index is 6.28. The molecule has 0 fully saturated rings. The van der Waals surface area contributed by atoms with Crippen LogP contribution in [0.2, 0.25) is 5.02 Å². The Morgan fingerprint density at radius 1 is 1.43 bits per heavy atom. The van der Waals surface area contributed by atoms with Crippen molar-refractivity contribution < 1.29 is 4.74 Å². The van der Waals surface area contributed by atoms with Gasteiger partial charge in [0.25, 0.3) is 0 Å². The topological polar surface area (TPSA) is 65.1 Å². The van der Waals surface area contributed by atoms with Crippen LogP contribution in [-0.4, -0.2) is 29.8 Å². The second kappa shape index (κ2) is 7.82. The minimum atomic E-state index is -0.215. The molecule has 3 N–H and O–H groups in total. The molecule has 5 nitrogen and oxygen atoms in total. The zero-order valence-electron chi connectivity index (χ0n) is 12.0. The van der Waals surface area contributed by atoms with E-state index < -0.39 is 0 Å². The third kappa shape index (κ3) is 3.78. The Morgan fingerprint density at radius 3 is 2.71 bits per heavy atom. The van der Waals surface area contributed by atoms with Gasteiger partial charge < -0.3 is 4.74 Å². The van der Waals surface area contributed by atoms with Crippen LogP contribution in [0.25, 0.3) is 0 Å². The minimum Gasteiger partial charge on any atom is -0.383 e. The lowest BCUT2D eigenvalue weighted by atomic mass is 10.0. The van der Waals surface area contributed by atoms with Gasteiger partial charge in [-0.1, -0.05) is 23.7 Å². The van der Waals surface area contributed by atoms with E-state index in [1.165, 1.54) is 4.90 Å². The molecule has 21 heavy (non-hydrogen) atoms. The van der Waals surface area contributed by atoms with Crippen molar-refractivity contribution in [2.45, 2.75) is 17.5 Å². The van der Waals surface area contributed by atoms with Crippen molar-refractivity contribution in [2.75, 3.05) is 20.0 Å². The molecular formula is C14H19ClN4OS. The molecule has 0 aliphatic heterocycles. The number of aromatic nitrogens is 2. The minimum absolute atomic E-state index is 0.215. The zero-order chi connectivity index (χ0) is 15.2. The van der Waals surface area contributed by atoms with Gasteiger partial charge in [-0.3, -0.25) is 10.5 Å². The van der Waals surface area contributed by atoms with Crippen molar-refractivity contribution in [1.82, 2.24) is 15.2 Å². The van der Waals surface area contributed by atoms with Crippen molar-refractivity contribution >= 4 is 23.4 Å². The van der Waals surface area contributed by atoms with Gasteiger partial charge in [0.2, 0.25) is 0 Å². The highest BCUT2D eigenvalue weighted by molar-refractivity contribution is 7.98. The van der Waals surface area contributed by atoms with Crippen LogP contribution in [0, 0.1) is 0 Å². The van der Waals surface area contributed by atoms with Crippen molar-refractivity contribution in [3.8, 4) is 0 Å². The number of ether oxygens (including phenoxy) is 1. The van der Waals surface area contributed by atoms with Crippen LogP contribution in [0.3, 0.4) is 0 Å². The van der Waals surface area contributed by atoms with E-state index in [-0.39, 0.29) is 6.04 Å². The predicted octanol–water partition coefficient (Wildman–Crippen LogP) is 2.46. The van der Waals surface area contributed by atoms with E-state index in [9.17, 15) is 0 Å². The summed E-state index contributed by atoms with van der Waals surface area (Å²) in [6, 6.07) is 8.00. The molecule has 1 heterocycles. The number of nitrogens with zero attached hydrogens (tertiary/aromatic N) is 2. The number of methoxy groups -OCH3 is 1. The van der Waals surface area contributed by atoms with Crippen LogP contribution >= 0.6 is 23.4 Å². The largest absolute Gasteiger partial charge is 0.383 e. The number of hydrazine groups is 1. The standard InChI is InChI=1S/C14H19ClN4OS/c1-20-8-7-19-14(12(15)9-17-19)13(18-16)10-3-5-11(21-2)6-4-10/h3-6,9,13,18H,7-8,16H2,1-2H3. The molecule has 0 saturated carbocycles. The van der Waals surface area contributed by atoms with E-state index in [1.807, 2.05) is 23.1 Å². The number of thioether (sulfide) groups is 1. The fraction of sp³-hybridized carbons (Fsp3) is 0.357.